The van der Waals surface area contributed by atoms with Gasteiger partial charge >= 0.3 is 5.97 Å². The number of rotatable bonds is 5. The summed E-state index contributed by atoms with van der Waals surface area (Å²) in [5.74, 6) is -1.26. The van der Waals surface area contributed by atoms with Crippen molar-refractivity contribution < 1.29 is 14.3 Å². The highest BCUT2D eigenvalue weighted by Gasteiger charge is 2.23. The third-order valence-electron chi connectivity index (χ3n) is 4.57. The SMILES string of the molecule is Cn1c(C(=O)OCC(=O)Nc2nccs2)c(-c2ccccc2)c2ccccc2c1=O. The summed E-state index contributed by atoms with van der Waals surface area (Å²) in [6, 6.07) is 16.4. The molecule has 1 amide bonds. The van der Waals surface area contributed by atoms with E-state index in [4.69, 9.17) is 4.74 Å². The molecule has 7 nitrogen and oxygen atoms in total. The minimum atomic E-state index is -0.756. The third-order valence-corrected chi connectivity index (χ3v) is 5.26. The van der Waals surface area contributed by atoms with E-state index in [9.17, 15) is 14.4 Å². The van der Waals surface area contributed by atoms with Crippen LogP contribution in [0.2, 0.25) is 0 Å². The number of pyridine rings is 1. The molecule has 4 rings (SSSR count). The van der Waals surface area contributed by atoms with Crippen LogP contribution < -0.4 is 10.9 Å². The zero-order chi connectivity index (χ0) is 21.1. The Labute approximate surface area is 175 Å². The number of fused-ring (bicyclic) bond motifs is 1. The summed E-state index contributed by atoms with van der Waals surface area (Å²) in [7, 11) is 1.52. The Bertz CT molecular complexity index is 1280. The molecule has 0 saturated heterocycles. The Morgan fingerprint density at radius 2 is 1.77 bits per heavy atom. The Hall–Kier alpha value is -3.78. The number of hydrogen-bond acceptors (Lipinski definition) is 6. The first-order valence-corrected chi connectivity index (χ1v) is 9.98. The molecule has 2 aromatic carbocycles. The molecule has 30 heavy (non-hydrogen) atoms. The van der Waals surface area contributed by atoms with E-state index in [-0.39, 0.29) is 11.3 Å². The summed E-state index contributed by atoms with van der Waals surface area (Å²) in [6.07, 6.45) is 1.56. The fraction of sp³-hybridized carbons (Fsp3) is 0.0909. The van der Waals surface area contributed by atoms with Crippen LogP contribution in [0.3, 0.4) is 0 Å². The van der Waals surface area contributed by atoms with E-state index < -0.39 is 18.5 Å². The van der Waals surface area contributed by atoms with Crippen LogP contribution in [0.25, 0.3) is 21.9 Å². The average molecular weight is 419 g/mol. The average Bonchev–Trinajstić information content (AvgIpc) is 3.28. The van der Waals surface area contributed by atoms with Gasteiger partial charge in [0.25, 0.3) is 11.5 Å². The maximum Gasteiger partial charge on any atom is 0.356 e. The van der Waals surface area contributed by atoms with Gasteiger partial charge in [0.15, 0.2) is 11.7 Å². The predicted molar refractivity (Wildman–Crippen MR) is 116 cm³/mol. The molecule has 0 aliphatic carbocycles. The predicted octanol–water partition coefficient (Wildman–Crippen LogP) is 3.46. The van der Waals surface area contributed by atoms with Crippen molar-refractivity contribution in [3.05, 3.63) is 82.2 Å². The van der Waals surface area contributed by atoms with Crippen molar-refractivity contribution in [1.29, 1.82) is 0 Å². The number of nitrogens with one attached hydrogen (secondary N) is 1. The summed E-state index contributed by atoms with van der Waals surface area (Å²) in [4.78, 5) is 41.9. The Kier molecular flexibility index (Phi) is 5.40. The van der Waals surface area contributed by atoms with E-state index in [1.54, 1.807) is 29.8 Å². The number of carbonyl (C=O) groups is 2. The van der Waals surface area contributed by atoms with E-state index in [0.29, 0.717) is 21.5 Å². The summed E-state index contributed by atoms with van der Waals surface area (Å²) in [5, 5.41) is 5.83. The van der Waals surface area contributed by atoms with Crippen molar-refractivity contribution in [3.8, 4) is 11.1 Å². The normalized spacial score (nSPS) is 10.7. The Morgan fingerprint density at radius 1 is 1.07 bits per heavy atom. The van der Waals surface area contributed by atoms with Gasteiger partial charge in [-0.2, -0.15) is 0 Å². The maximum atomic E-state index is 13.0. The molecule has 0 bridgehead atoms. The van der Waals surface area contributed by atoms with Gasteiger partial charge in [-0.05, 0) is 17.0 Å². The molecule has 2 aromatic heterocycles. The van der Waals surface area contributed by atoms with Gasteiger partial charge in [-0.3, -0.25) is 14.9 Å². The monoisotopic (exact) mass is 419 g/mol. The zero-order valence-corrected chi connectivity index (χ0v) is 16.8. The molecule has 0 unspecified atom stereocenters. The zero-order valence-electron chi connectivity index (χ0n) is 16.0. The van der Waals surface area contributed by atoms with Crippen LogP contribution in [0.4, 0.5) is 5.13 Å². The first-order valence-electron chi connectivity index (χ1n) is 9.10. The number of ether oxygens (including phenoxy) is 1. The van der Waals surface area contributed by atoms with E-state index in [2.05, 4.69) is 10.3 Å². The number of carbonyl (C=O) groups excluding carboxylic acids is 2. The lowest BCUT2D eigenvalue weighted by atomic mass is 9.97. The van der Waals surface area contributed by atoms with E-state index in [0.717, 1.165) is 5.56 Å². The van der Waals surface area contributed by atoms with Crippen LogP contribution in [-0.4, -0.2) is 28.0 Å². The van der Waals surface area contributed by atoms with Gasteiger partial charge in [-0.15, -0.1) is 11.3 Å². The molecule has 150 valence electrons. The smallest absolute Gasteiger partial charge is 0.356 e. The van der Waals surface area contributed by atoms with Crippen molar-refractivity contribution in [1.82, 2.24) is 9.55 Å². The molecule has 0 aliphatic rings. The van der Waals surface area contributed by atoms with Gasteiger partial charge in [-0.1, -0.05) is 48.5 Å². The molecular weight excluding hydrogens is 402 g/mol. The van der Waals surface area contributed by atoms with Crippen LogP contribution in [0.15, 0.2) is 71.0 Å². The lowest BCUT2D eigenvalue weighted by Gasteiger charge is -2.16. The topological polar surface area (TPSA) is 90.3 Å². The van der Waals surface area contributed by atoms with Gasteiger partial charge in [0.2, 0.25) is 0 Å². The van der Waals surface area contributed by atoms with Crippen molar-refractivity contribution in [2.45, 2.75) is 0 Å². The van der Waals surface area contributed by atoms with Gasteiger partial charge in [-0.25, -0.2) is 9.78 Å². The van der Waals surface area contributed by atoms with Crippen LogP contribution >= 0.6 is 11.3 Å². The minimum Gasteiger partial charge on any atom is -0.451 e. The van der Waals surface area contributed by atoms with Crippen molar-refractivity contribution >= 4 is 39.1 Å². The van der Waals surface area contributed by atoms with Gasteiger partial charge < -0.3 is 9.30 Å². The second-order valence-corrected chi connectivity index (χ2v) is 7.36. The lowest BCUT2D eigenvalue weighted by Crippen LogP contribution is -2.28. The van der Waals surface area contributed by atoms with Crippen LogP contribution in [0.5, 0.6) is 0 Å². The number of nitrogens with zero attached hydrogens (tertiary/aromatic N) is 2. The first-order chi connectivity index (χ1) is 14.6. The molecule has 2 heterocycles. The Balaban J connectivity index is 1.74. The summed E-state index contributed by atoms with van der Waals surface area (Å²) < 4.78 is 6.52. The van der Waals surface area contributed by atoms with Gasteiger partial charge in [0.05, 0.1) is 0 Å². The molecule has 0 saturated carbocycles. The third kappa shape index (κ3) is 3.72. The number of aromatic nitrogens is 2. The van der Waals surface area contributed by atoms with Crippen molar-refractivity contribution in [3.63, 3.8) is 0 Å². The number of hydrogen-bond donors (Lipinski definition) is 1. The van der Waals surface area contributed by atoms with Crippen molar-refractivity contribution in [2.24, 2.45) is 7.05 Å². The highest BCUT2D eigenvalue weighted by molar-refractivity contribution is 7.13. The highest BCUT2D eigenvalue weighted by Crippen LogP contribution is 2.30. The summed E-state index contributed by atoms with van der Waals surface area (Å²) in [6.45, 7) is -0.492. The summed E-state index contributed by atoms with van der Waals surface area (Å²) >= 11 is 1.26. The highest BCUT2D eigenvalue weighted by atomic mass is 32.1. The number of benzene rings is 2. The molecule has 0 radical (unpaired) electrons. The van der Waals surface area contributed by atoms with Gasteiger partial charge in [0.1, 0.15) is 5.69 Å². The number of esters is 1. The molecule has 1 N–H and O–H groups in total. The molecule has 0 aliphatic heterocycles. The largest absolute Gasteiger partial charge is 0.451 e. The number of amides is 1. The van der Waals surface area contributed by atoms with E-state index in [1.165, 1.54) is 23.0 Å². The molecule has 4 aromatic rings. The standard InChI is InChI=1S/C22H17N3O4S/c1-25-19(21(28)29-13-17(26)24-22-23-11-12-30-22)18(14-7-3-2-4-8-14)15-9-5-6-10-16(15)20(25)27/h2-12H,13H2,1H3,(H,23,24,26). The Morgan fingerprint density at radius 3 is 2.47 bits per heavy atom. The van der Waals surface area contributed by atoms with E-state index >= 15 is 0 Å². The first kappa shape index (κ1) is 19.5. The minimum absolute atomic E-state index is 0.0898. The molecule has 8 heteroatoms. The second kappa shape index (κ2) is 8.30. The quantitative estimate of drug-likeness (QED) is 0.501. The molecule has 0 atom stereocenters. The summed E-state index contributed by atoms with van der Waals surface area (Å²) in [5.41, 5.74) is 1.12. The van der Waals surface area contributed by atoms with Gasteiger partial charge in [0, 0.05) is 29.6 Å². The maximum absolute atomic E-state index is 13.0. The lowest BCUT2D eigenvalue weighted by molar-refractivity contribution is -0.119. The van der Waals surface area contributed by atoms with Crippen molar-refractivity contribution in [2.75, 3.05) is 11.9 Å². The molecular formula is C22H17N3O4S. The van der Waals surface area contributed by atoms with Crippen LogP contribution in [0.1, 0.15) is 10.5 Å². The number of thiazole rings is 1. The van der Waals surface area contributed by atoms with E-state index in [1.807, 2.05) is 36.4 Å². The molecule has 0 fully saturated rings. The van der Waals surface area contributed by atoms with Crippen LogP contribution in [-0.2, 0) is 16.6 Å². The van der Waals surface area contributed by atoms with Crippen LogP contribution in [0, 0.1) is 0 Å². The second-order valence-electron chi connectivity index (χ2n) is 6.46. The molecule has 0 spiro atoms. The number of anilines is 1. The fourth-order valence-electron chi connectivity index (χ4n) is 3.24. The fourth-order valence-corrected chi connectivity index (χ4v) is 3.79.